The van der Waals surface area contributed by atoms with Gasteiger partial charge in [-0.2, -0.15) is 0 Å². The van der Waals surface area contributed by atoms with Crippen LogP contribution in [0, 0.1) is 0 Å². The van der Waals surface area contributed by atoms with Gasteiger partial charge in [0, 0.05) is 25.7 Å². The summed E-state index contributed by atoms with van der Waals surface area (Å²) in [7, 11) is 2.73. The van der Waals surface area contributed by atoms with Crippen molar-refractivity contribution in [3.05, 3.63) is 0 Å². The lowest BCUT2D eigenvalue weighted by Crippen LogP contribution is -2.41. The third-order valence-corrected chi connectivity index (χ3v) is 6.42. The number of rotatable bonds is 6. The van der Waals surface area contributed by atoms with Gasteiger partial charge >= 0.3 is 0 Å². The summed E-state index contributed by atoms with van der Waals surface area (Å²) in [5.41, 5.74) is 0.935. The van der Waals surface area contributed by atoms with Crippen molar-refractivity contribution in [1.29, 1.82) is 0 Å². The fourth-order valence-corrected chi connectivity index (χ4v) is 4.57. The fraction of sp³-hybridized carbons (Fsp3) is 1.00. The predicted octanol–water partition coefficient (Wildman–Crippen LogP) is 1.77. The van der Waals surface area contributed by atoms with Crippen LogP contribution in [-0.2, 0) is 9.47 Å². The second-order valence-electron chi connectivity index (χ2n) is 3.22. The summed E-state index contributed by atoms with van der Waals surface area (Å²) < 4.78 is 10.9. The van der Waals surface area contributed by atoms with Crippen LogP contribution >= 0.6 is 0 Å². The van der Waals surface area contributed by atoms with Crippen molar-refractivity contribution in [1.82, 2.24) is 0 Å². The molecule has 0 aromatic rings. The number of hydrogen-bond acceptors (Lipinski definition) is 2. The van der Waals surface area contributed by atoms with Gasteiger partial charge in [-0.15, -0.1) is 0 Å². The van der Waals surface area contributed by atoms with Crippen molar-refractivity contribution in [3.63, 3.8) is 0 Å². The first-order valence-corrected chi connectivity index (χ1v) is 7.25. The van der Waals surface area contributed by atoms with Gasteiger partial charge in [0.25, 0.3) is 0 Å². The molecule has 2 unspecified atom stereocenters. The summed E-state index contributed by atoms with van der Waals surface area (Å²) in [6.07, 6.45) is 2.23. The van der Waals surface area contributed by atoms with E-state index in [1.807, 2.05) is 0 Å². The highest BCUT2D eigenvalue weighted by Gasteiger charge is 2.24. The zero-order valence-electron chi connectivity index (χ0n) is 8.96. The molecule has 0 saturated carbocycles. The monoisotopic (exact) mass is 190 g/mol. The van der Waals surface area contributed by atoms with Crippen LogP contribution in [0.15, 0.2) is 0 Å². The molecule has 0 aliphatic carbocycles. The third kappa shape index (κ3) is 3.25. The molecule has 0 aliphatic rings. The first kappa shape index (κ1) is 12.1. The van der Waals surface area contributed by atoms with Crippen LogP contribution in [-0.4, -0.2) is 34.5 Å². The van der Waals surface area contributed by atoms with Gasteiger partial charge in [-0.3, -0.25) is 0 Å². The zero-order valence-corrected chi connectivity index (χ0v) is 10.1. The molecule has 2 nitrogen and oxygen atoms in total. The molecular weight excluding hydrogens is 168 g/mol. The molecule has 0 saturated heterocycles. The normalized spacial score (nSPS) is 18.8. The van der Waals surface area contributed by atoms with E-state index in [0.29, 0.717) is 11.5 Å². The maximum Gasteiger partial charge on any atom is 0.102 e. The van der Waals surface area contributed by atoms with E-state index in [2.05, 4.69) is 20.4 Å². The molecular formula is C9H22O2Si. The minimum atomic E-state index is -0.877. The maximum absolute atomic E-state index is 5.43. The number of ether oxygens (including phenoxy) is 2. The van der Waals surface area contributed by atoms with Crippen LogP contribution in [0.3, 0.4) is 0 Å². The SMILES string of the molecule is CCC(OC)[SiH](C)C(CC)OC. The molecule has 0 radical (unpaired) electrons. The molecule has 0 aliphatic heterocycles. The summed E-state index contributed by atoms with van der Waals surface area (Å²) >= 11 is 0. The van der Waals surface area contributed by atoms with E-state index in [-0.39, 0.29) is 0 Å². The number of methoxy groups -OCH3 is 2. The Kier molecular flexibility index (Phi) is 6.71. The molecule has 0 heterocycles. The van der Waals surface area contributed by atoms with Gasteiger partial charge in [0.05, 0.1) is 0 Å². The average molecular weight is 190 g/mol. The van der Waals surface area contributed by atoms with Crippen LogP contribution in [0.5, 0.6) is 0 Å². The van der Waals surface area contributed by atoms with Gasteiger partial charge in [0.1, 0.15) is 8.80 Å². The molecule has 74 valence electrons. The first-order valence-electron chi connectivity index (χ1n) is 4.76. The summed E-state index contributed by atoms with van der Waals surface area (Å²) in [6, 6.07) is 0. The van der Waals surface area contributed by atoms with Gasteiger partial charge in [0.15, 0.2) is 0 Å². The second kappa shape index (κ2) is 6.63. The molecule has 2 atom stereocenters. The van der Waals surface area contributed by atoms with Crippen LogP contribution in [0.4, 0.5) is 0 Å². The summed E-state index contributed by atoms with van der Waals surface area (Å²) in [4.78, 5) is 0. The predicted molar refractivity (Wildman–Crippen MR) is 55.2 cm³/mol. The van der Waals surface area contributed by atoms with Crippen molar-refractivity contribution in [2.24, 2.45) is 0 Å². The van der Waals surface area contributed by atoms with E-state index >= 15 is 0 Å². The molecule has 0 spiro atoms. The molecule has 0 N–H and O–H groups in total. The Morgan fingerprint density at radius 3 is 1.50 bits per heavy atom. The van der Waals surface area contributed by atoms with Gasteiger partial charge in [0.2, 0.25) is 0 Å². The van der Waals surface area contributed by atoms with E-state index in [1.54, 1.807) is 14.2 Å². The third-order valence-electron chi connectivity index (χ3n) is 2.58. The number of hydrogen-bond donors (Lipinski definition) is 0. The smallest absolute Gasteiger partial charge is 0.102 e. The highest BCUT2D eigenvalue weighted by Crippen LogP contribution is 2.10. The van der Waals surface area contributed by atoms with Crippen molar-refractivity contribution < 1.29 is 9.47 Å². The van der Waals surface area contributed by atoms with E-state index in [1.165, 1.54) is 0 Å². The highest BCUT2D eigenvalue weighted by atomic mass is 28.3. The van der Waals surface area contributed by atoms with Crippen LogP contribution in [0.2, 0.25) is 6.55 Å². The van der Waals surface area contributed by atoms with Gasteiger partial charge in [-0.1, -0.05) is 20.4 Å². The van der Waals surface area contributed by atoms with E-state index < -0.39 is 8.80 Å². The average Bonchev–Trinajstić information content (AvgIpc) is 2.09. The molecule has 0 aromatic heterocycles. The summed E-state index contributed by atoms with van der Waals surface area (Å²) in [6.45, 7) is 6.69. The van der Waals surface area contributed by atoms with Gasteiger partial charge < -0.3 is 9.47 Å². The first-order chi connectivity index (χ1) is 5.71. The Morgan fingerprint density at radius 1 is 1.00 bits per heavy atom. The van der Waals surface area contributed by atoms with Crippen molar-refractivity contribution >= 4 is 8.80 Å². The molecule has 12 heavy (non-hydrogen) atoms. The zero-order chi connectivity index (χ0) is 9.56. The van der Waals surface area contributed by atoms with E-state index in [4.69, 9.17) is 9.47 Å². The van der Waals surface area contributed by atoms with Crippen LogP contribution in [0.25, 0.3) is 0 Å². The lowest BCUT2D eigenvalue weighted by Gasteiger charge is -2.26. The van der Waals surface area contributed by atoms with E-state index in [0.717, 1.165) is 12.8 Å². The Bertz CT molecular complexity index is 88.7. The van der Waals surface area contributed by atoms with Crippen molar-refractivity contribution in [3.8, 4) is 0 Å². The van der Waals surface area contributed by atoms with Gasteiger partial charge in [-0.05, 0) is 12.8 Å². The van der Waals surface area contributed by atoms with E-state index in [9.17, 15) is 0 Å². The summed E-state index contributed by atoms with van der Waals surface area (Å²) in [5, 5.41) is 0. The molecule has 0 rings (SSSR count). The molecule has 0 fully saturated rings. The molecule has 0 aromatic carbocycles. The summed E-state index contributed by atoms with van der Waals surface area (Å²) in [5.74, 6) is 0. The topological polar surface area (TPSA) is 18.5 Å². The molecule has 0 amide bonds. The highest BCUT2D eigenvalue weighted by molar-refractivity contribution is 6.60. The lowest BCUT2D eigenvalue weighted by molar-refractivity contribution is 0.123. The van der Waals surface area contributed by atoms with Crippen LogP contribution < -0.4 is 0 Å². The molecule has 3 heteroatoms. The van der Waals surface area contributed by atoms with Crippen molar-refractivity contribution in [2.45, 2.75) is 44.7 Å². The Morgan fingerprint density at radius 2 is 1.33 bits per heavy atom. The Hall–Kier alpha value is 0.137. The minimum absolute atomic E-state index is 0.467. The lowest BCUT2D eigenvalue weighted by atomic mass is 10.5. The second-order valence-corrected chi connectivity index (χ2v) is 6.43. The van der Waals surface area contributed by atoms with Gasteiger partial charge in [-0.25, -0.2) is 0 Å². The van der Waals surface area contributed by atoms with Crippen molar-refractivity contribution in [2.75, 3.05) is 14.2 Å². The van der Waals surface area contributed by atoms with Crippen LogP contribution in [0.1, 0.15) is 26.7 Å². The minimum Gasteiger partial charge on any atom is -0.385 e. The molecule has 0 bridgehead atoms. The maximum atomic E-state index is 5.43. The quantitative estimate of drug-likeness (QED) is 0.594. The Labute approximate surface area is 77.9 Å². The fourth-order valence-electron chi connectivity index (χ4n) is 1.75. The largest absolute Gasteiger partial charge is 0.385 e. The Balaban J connectivity index is 4.02. The standard InChI is InChI=1S/C9H22O2Si/c1-6-8(10-3)12(5)9(7-2)11-4/h8-9,12H,6-7H2,1-5H3.